The Labute approximate surface area is 201 Å². The highest BCUT2D eigenvalue weighted by Gasteiger charge is 2.21. The minimum Gasteiger partial charge on any atom is -0.305 e. The second-order valence-electron chi connectivity index (χ2n) is 7.64. The molecule has 4 aromatic heterocycles. The van der Waals surface area contributed by atoms with Crippen LogP contribution in [-0.2, 0) is 23.2 Å². The molecule has 0 atom stereocenters. The molecule has 0 unspecified atom stereocenters. The van der Waals surface area contributed by atoms with Crippen LogP contribution in [0.4, 0.5) is 10.2 Å². The molecule has 180 valence electrons. The Bertz CT molecular complexity index is 1630. The number of carbonyl (C=O) groups excluding carboxylic acids is 2. The van der Waals surface area contributed by atoms with Crippen molar-refractivity contribution in [2.45, 2.75) is 26.8 Å². The summed E-state index contributed by atoms with van der Waals surface area (Å²) in [6.45, 7) is 6.54. The van der Waals surface area contributed by atoms with Crippen LogP contribution in [0.3, 0.4) is 0 Å². The van der Waals surface area contributed by atoms with Gasteiger partial charge in [-0.2, -0.15) is 0 Å². The van der Waals surface area contributed by atoms with Crippen molar-refractivity contribution in [3.63, 3.8) is 0 Å². The Kier molecular flexibility index (Phi) is 6.26. The molecule has 1 amide bonds. The molecule has 0 radical (unpaired) electrons. The number of carbonyl (C=O) groups is 2. The van der Waals surface area contributed by atoms with Crippen LogP contribution in [0.1, 0.15) is 19.0 Å². The first-order valence-corrected chi connectivity index (χ1v) is 11.3. The average Bonchev–Trinajstić information content (AvgIpc) is 3.49. The van der Waals surface area contributed by atoms with Gasteiger partial charge in [0.25, 0.3) is 11.5 Å². The van der Waals surface area contributed by atoms with Gasteiger partial charge in [-0.15, -0.1) is 11.3 Å². The third-order valence-electron chi connectivity index (χ3n) is 5.33. The summed E-state index contributed by atoms with van der Waals surface area (Å²) in [6.07, 6.45) is 2.84. The fourth-order valence-corrected chi connectivity index (χ4v) is 4.02. The number of ketones is 1. The van der Waals surface area contributed by atoms with Gasteiger partial charge in [0.2, 0.25) is 0 Å². The van der Waals surface area contributed by atoms with E-state index in [9.17, 15) is 23.6 Å². The number of thiazole rings is 1. The maximum Gasteiger partial charge on any atom is 0.332 e. The average molecular weight is 498 g/mol. The molecular weight excluding hydrogens is 477 g/mol. The molecule has 0 fully saturated rings. The Hall–Kier alpha value is -4.26. The molecule has 4 aromatic rings. The molecule has 0 spiro atoms. The predicted octanol–water partition coefficient (Wildman–Crippen LogP) is 1.95. The van der Waals surface area contributed by atoms with E-state index in [1.807, 2.05) is 0 Å². The molecule has 1 N–H and O–H groups in total. The van der Waals surface area contributed by atoms with E-state index >= 15 is 0 Å². The maximum absolute atomic E-state index is 13.8. The highest BCUT2D eigenvalue weighted by atomic mass is 32.1. The number of imidazole rings is 1. The number of anilines is 1. The van der Waals surface area contributed by atoms with Gasteiger partial charge in [-0.25, -0.2) is 19.2 Å². The number of nitrogens with zero attached hydrogens (tertiary/aromatic N) is 6. The van der Waals surface area contributed by atoms with Crippen LogP contribution >= 0.6 is 11.3 Å². The highest BCUT2D eigenvalue weighted by Crippen LogP contribution is 2.26. The summed E-state index contributed by atoms with van der Waals surface area (Å²) >= 11 is 1.18. The van der Waals surface area contributed by atoms with Crippen molar-refractivity contribution < 1.29 is 14.0 Å². The fourth-order valence-electron chi connectivity index (χ4n) is 3.29. The van der Waals surface area contributed by atoms with Crippen LogP contribution in [-0.4, -0.2) is 40.3 Å². The third-order valence-corrected chi connectivity index (χ3v) is 6.22. The number of amides is 1. The van der Waals surface area contributed by atoms with Gasteiger partial charge in [0.15, 0.2) is 16.9 Å². The summed E-state index contributed by atoms with van der Waals surface area (Å²) in [4.78, 5) is 62.7. The number of pyridine rings is 1. The van der Waals surface area contributed by atoms with E-state index in [2.05, 4.69) is 26.8 Å². The van der Waals surface area contributed by atoms with Crippen molar-refractivity contribution in [3.05, 3.63) is 62.9 Å². The smallest absolute Gasteiger partial charge is 0.305 e. The Balaban J connectivity index is 1.64. The number of aromatic nitrogens is 6. The highest BCUT2D eigenvalue weighted by molar-refractivity contribution is 7.13. The quantitative estimate of drug-likeness (QED) is 0.386. The number of Topliss-reactive ketones (excluding diaryl/α,β-unsaturated/α-hetero) is 1. The molecule has 0 saturated heterocycles. The first-order chi connectivity index (χ1) is 16.6. The van der Waals surface area contributed by atoms with Gasteiger partial charge in [-0.05, 0) is 13.0 Å². The Morgan fingerprint density at radius 2 is 2.00 bits per heavy atom. The molecule has 4 heterocycles. The third kappa shape index (κ3) is 4.33. The second-order valence-corrected chi connectivity index (χ2v) is 8.50. The SMILES string of the molecule is C=C(C(=O)Nc1csc(-c2cnc(C)c(F)c2)n1)n1cnc2c1c(=O)n(CC(=O)CC)c(=O)n2C. The van der Waals surface area contributed by atoms with E-state index in [1.54, 1.807) is 19.2 Å². The molecule has 11 nitrogen and oxygen atoms in total. The minimum absolute atomic E-state index is 0.0407. The van der Waals surface area contributed by atoms with Gasteiger partial charge in [-0.3, -0.25) is 33.1 Å². The van der Waals surface area contributed by atoms with Crippen molar-refractivity contribution in [3.8, 4) is 10.6 Å². The van der Waals surface area contributed by atoms with Crippen LogP contribution < -0.4 is 16.6 Å². The molecule has 35 heavy (non-hydrogen) atoms. The van der Waals surface area contributed by atoms with E-state index in [4.69, 9.17) is 0 Å². The summed E-state index contributed by atoms with van der Waals surface area (Å²) < 4.78 is 16.9. The number of halogens is 1. The maximum atomic E-state index is 13.8. The van der Waals surface area contributed by atoms with Crippen molar-refractivity contribution in [1.29, 1.82) is 0 Å². The van der Waals surface area contributed by atoms with Crippen LogP contribution in [0.15, 0.2) is 40.1 Å². The summed E-state index contributed by atoms with van der Waals surface area (Å²) in [6, 6.07) is 1.31. The van der Waals surface area contributed by atoms with E-state index in [-0.39, 0.29) is 40.6 Å². The Morgan fingerprint density at radius 1 is 1.26 bits per heavy atom. The Morgan fingerprint density at radius 3 is 2.69 bits per heavy atom. The minimum atomic E-state index is -0.763. The number of hydrogen-bond acceptors (Lipinski definition) is 8. The van der Waals surface area contributed by atoms with Gasteiger partial charge in [0, 0.05) is 30.6 Å². The first kappa shape index (κ1) is 23.9. The number of rotatable bonds is 7. The molecule has 4 rings (SSSR count). The topological polar surface area (TPSA) is 134 Å². The van der Waals surface area contributed by atoms with Crippen LogP contribution in [0.25, 0.3) is 27.4 Å². The standard InChI is InChI=1S/C22H20FN7O4S/c1-5-14(31)8-29-21(33)17-18(28(4)22(29)34)25-10-30(17)12(3)19(32)26-16-9-35-20(27-16)13-6-15(23)11(2)24-7-13/h6-7,9-10H,3,5,8H2,1-2,4H3,(H,26,32). The van der Waals surface area contributed by atoms with Gasteiger partial charge in [0.1, 0.15) is 28.7 Å². The molecule has 0 bridgehead atoms. The molecular formula is C22H20FN7O4S. The normalized spacial score (nSPS) is 11.1. The van der Waals surface area contributed by atoms with E-state index in [0.29, 0.717) is 10.6 Å². The van der Waals surface area contributed by atoms with Crippen molar-refractivity contribution in [1.82, 2.24) is 28.7 Å². The number of nitrogens with one attached hydrogen (secondary N) is 1. The van der Waals surface area contributed by atoms with Crippen LogP contribution in [0.5, 0.6) is 0 Å². The number of fused-ring (bicyclic) bond motifs is 1. The van der Waals surface area contributed by atoms with Gasteiger partial charge in [0.05, 0.1) is 12.2 Å². The first-order valence-electron chi connectivity index (χ1n) is 10.4. The molecule has 0 aliphatic carbocycles. The van der Waals surface area contributed by atoms with Crippen molar-refractivity contribution >= 4 is 45.7 Å². The lowest BCUT2D eigenvalue weighted by Crippen LogP contribution is -2.41. The van der Waals surface area contributed by atoms with Crippen molar-refractivity contribution in [2.24, 2.45) is 7.05 Å². The van der Waals surface area contributed by atoms with Gasteiger partial charge < -0.3 is 5.32 Å². The van der Waals surface area contributed by atoms with Crippen molar-refractivity contribution in [2.75, 3.05) is 5.32 Å². The lowest BCUT2D eigenvalue weighted by Gasteiger charge is -2.10. The monoisotopic (exact) mass is 497 g/mol. The van der Waals surface area contributed by atoms with Crippen LogP contribution in [0, 0.1) is 12.7 Å². The zero-order valence-corrected chi connectivity index (χ0v) is 19.8. The van der Waals surface area contributed by atoms with Crippen LogP contribution in [0.2, 0.25) is 0 Å². The molecule has 0 aliphatic rings. The molecule has 0 aliphatic heterocycles. The molecule has 0 aromatic carbocycles. The summed E-state index contributed by atoms with van der Waals surface area (Å²) in [5.74, 6) is -1.25. The molecule has 13 heteroatoms. The number of hydrogen-bond donors (Lipinski definition) is 1. The summed E-state index contributed by atoms with van der Waals surface area (Å²) in [7, 11) is 1.41. The number of aryl methyl sites for hydroxylation is 2. The fraction of sp³-hybridized carbons (Fsp3) is 0.227. The van der Waals surface area contributed by atoms with Gasteiger partial charge >= 0.3 is 5.69 Å². The zero-order valence-electron chi connectivity index (χ0n) is 19.0. The summed E-state index contributed by atoms with van der Waals surface area (Å²) in [5, 5.41) is 4.59. The lowest BCUT2D eigenvalue weighted by atomic mass is 10.2. The van der Waals surface area contributed by atoms with Gasteiger partial charge in [-0.1, -0.05) is 13.5 Å². The molecule has 0 saturated carbocycles. The predicted molar refractivity (Wildman–Crippen MR) is 129 cm³/mol. The largest absolute Gasteiger partial charge is 0.332 e. The zero-order chi connectivity index (χ0) is 25.4. The van der Waals surface area contributed by atoms with E-state index in [0.717, 1.165) is 13.7 Å². The second kappa shape index (κ2) is 9.18. The summed E-state index contributed by atoms with van der Waals surface area (Å²) in [5.41, 5.74) is -0.924. The lowest BCUT2D eigenvalue weighted by molar-refractivity contribution is -0.119. The van der Waals surface area contributed by atoms with E-state index < -0.39 is 29.5 Å². The van der Waals surface area contributed by atoms with E-state index in [1.165, 1.54) is 37.0 Å².